The van der Waals surface area contributed by atoms with Crippen LogP contribution in [0.15, 0.2) is 36.5 Å². The van der Waals surface area contributed by atoms with Crippen LogP contribution < -0.4 is 5.32 Å². The Labute approximate surface area is 130 Å². The lowest BCUT2D eigenvalue weighted by atomic mass is 9.87. The van der Waals surface area contributed by atoms with Gasteiger partial charge in [0.1, 0.15) is 0 Å². The Morgan fingerprint density at radius 3 is 2.33 bits per heavy atom. The Bertz CT molecular complexity index is 657. The molecule has 3 nitrogen and oxygen atoms in total. The molecule has 0 aliphatic carbocycles. The maximum atomic E-state index is 12.2. The van der Waals surface area contributed by atoms with Gasteiger partial charge >= 0.3 is 0 Å². The largest absolute Gasteiger partial charge is 0.322 e. The number of amides is 1. The van der Waals surface area contributed by atoms with Gasteiger partial charge in [-0.25, -0.2) is 0 Å². The van der Waals surface area contributed by atoms with Crippen LogP contribution in [0.1, 0.15) is 42.4 Å². The number of halogens is 1. The van der Waals surface area contributed by atoms with Crippen LogP contribution in [0.25, 0.3) is 0 Å². The molecule has 2 aromatic rings. The van der Waals surface area contributed by atoms with Crippen LogP contribution in [0.2, 0.25) is 5.02 Å². The summed E-state index contributed by atoms with van der Waals surface area (Å²) in [7, 11) is 0. The van der Waals surface area contributed by atoms with Crippen LogP contribution in [0, 0.1) is 6.92 Å². The minimum atomic E-state index is -0.254. The summed E-state index contributed by atoms with van der Waals surface area (Å²) in [6, 6.07) is 9.51. The van der Waals surface area contributed by atoms with E-state index >= 15 is 0 Å². The van der Waals surface area contributed by atoms with E-state index in [0.29, 0.717) is 10.6 Å². The first-order chi connectivity index (χ1) is 9.77. The molecule has 1 aromatic heterocycles. The maximum Gasteiger partial charge on any atom is 0.258 e. The fourth-order valence-corrected chi connectivity index (χ4v) is 2.24. The summed E-state index contributed by atoms with van der Waals surface area (Å²) in [5.41, 5.74) is 3.21. The third-order valence-corrected chi connectivity index (χ3v) is 3.56. The summed E-state index contributed by atoms with van der Waals surface area (Å²) in [6.07, 6.45) is 1.50. The fourth-order valence-electron chi connectivity index (χ4n) is 1.95. The first-order valence-corrected chi connectivity index (χ1v) is 7.19. The number of benzene rings is 1. The zero-order valence-corrected chi connectivity index (χ0v) is 13.5. The van der Waals surface area contributed by atoms with Crippen molar-refractivity contribution in [3.05, 3.63) is 58.4 Å². The second kappa shape index (κ2) is 5.86. The van der Waals surface area contributed by atoms with E-state index in [1.807, 2.05) is 31.2 Å². The lowest BCUT2D eigenvalue weighted by molar-refractivity contribution is 0.102. The number of nitrogens with zero attached hydrogens (tertiary/aromatic N) is 1. The number of hydrogen-bond donors (Lipinski definition) is 1. The number of aryl methyl sites for hydroxylation is 1. The Morgan fingerprint density at radius 2 is 1.81 bits per heavy atom. The average molecular weight is 303 g/mol. The molecule has 0 aliphatic rings. The third-order valence-electron chi connectivity index (χ3n) is 3.24. The van der Waals surface area contributed by atoms with E-state index in [1.165, 1.54) is 11.8 Å². The topological polar surface area (TPSA) is 42.0 Å². The molecule has 0 atom stereocenters. The van der Waals surface area contributed by atoms with Gasteiger partial charge in [-0.15, -0.1) is 0 Å². The van der Waals surface area contributed by atoms with Gasteiger partial charge in [0, 0.05) is 17.6 Å². The second-order valence-electron chi connectivity index (χ2n) is 6.09. The predicted octanol–water partition coefficient (Wildman–Crippen LogP) is 4.59. The highest BCUT2D eigenvalue weighted by atomic mass is 35.5. The predicted molar refractivity (Wildman–Crippen MR) is 87.1 cm³/mol. The van der Waals surface area contributed by atoms with Crippen molar-refractivity contribution < 1.29 is 4.79 Å². The van der Waals surface area contributed by atoms with Gasteiger partial charge in [0.15, 0.2) is 0 Å². The van der Waals surface area contributed by atoms with E-state index in [-0.39, 0.29) is 11.3 Å². The molecule has 1 N–H and O–H groups in total. The molecule has 0 aliphatic heterocycles. The number of carbonyl (C=O) groups excluding carboxylic acids is 1. The highest BCUT2D eigenvalue weighted by molar-refractivity contribution is 6.34. The molecule has 0 saturated carbocycles. The molecular weight excluding hydrogens is 284 g/mol. The SMILES string of the molecule is Cc1cc(Cl)c(C(=O)Nc2ccc(C(C)(C)C)cc2)cn1. The molecular formula is C17H19ClN2O. The van der Waals surface area contributed by atoms with E-state index in [1.54, 1.807) is 6.07 Å². The Balaban J connectivity index is 2.16. The first-order valence-electron chi connectivity index (χ1n) is 6.81. The normalized spacial score (nSPS) is 11.3. The summed E-state index contributed by atoms with van der Waals surface area (Å²) in [5, 5.41) is 3.24. The fraction of sp³-hybridized carbons (Fsp3) is 0.294. The highest BCUT2D eigenvalue weighted by Gasteiger charge is 2.14. The molecule has 0 radical (unpaired) electrons. The zero-order chi connectivity index (χ0) is 15.6. The molecule has 2 rings (SSSR count). The van der Waals surface area contributed by atoms with Gasteiger partial charge in [-0.3, -0.25) is 9.78 Å². The van der Waals surface area contributed by atoms with Gasteiger partial charge in [-0.2, -0.15) is 0 Å². The van der Waals surface area contributed by atoms with Crippen LogP contribution in [0.5, 0.6) is 0 Å². The van der Waals surface area contributed by atoms with Crippen LogP contribution in [-0.2, 0) is 5.41 Å². The number of aromatic nitrogens is 1. The zero-order valence-electron chi connectivity index (χ0n) is 12.7. The van der Waals surface area contributed by atoms with Gasteiger partial charge in [0.2, 0.25) is 0 Å². The van der Waals surface area contributed by atoms with E-state index in [0.717, 1.165) is 11.4 Å². The van der Waals surface area contributed by atoms with Crippen LogP contribution in [0.4, 0.5) is 5.69 Å². The number of pyridine rings is 1. The number of nitrogens with one attached hydrogen (secondary N) is 1. The van der Waals surface area contributed by atoms with Crippen molar-refractivity contribution in [1.82, 2.24) is 4.98 Å². The molecule has 1 aromatic carbocycles. The first kappa shape index (κ1) is 15.5. The monoisotopic (exact) mass is 302 g/mol. The number of carbonyl (C=O) groups is 1. The summed E-state index contributed by atoms with van der Waals surface area (Å²) in [6.45, 7) is 8.29. The molecule has 4 heteroatoms. The van der Waals surface area contributed by atoms with E-state index < -0.39 is 0 Å². The second-order valence-corrected chi connectivity index (χ2v) is 6.49. The van der Waals surface area contributed by atoms with Gasteiger partial charge < -0.3 is 5.32 Å². The lowest BCUT2D eigenvalue weighted by Gasteiger charge is -2.19. The van der Waals surface area contributed by atoms with Crippen molar-refractivity contribution in [2.24, 2.45) is 0 Å². The van der Waals surface area contributed by atoms with Gasteiger partial charge in [-0.1, -0.05) is 44.5 Å². The van der Waals surface area contributed by atoms with Crippen molar-refractivity contribution in [2.75, 3.05) is 5.32 Å². The van der Waals surface area contributed by atoms with Gasteiger partial charge in [-0.05, 0) is 36.1 Å². The molecule has 21 heavy (non-hydrogen) atoms. The van der Waals surface area contributed by atoms with Crippen LogP contribution in [-0.4, -0.2) is 10.9 Å². The lowest BCUT2D eigenvalue weighted by Crippen LogP contribution is -2.14. The molecule has 0 fully saturated rings. The molecule has 110 valence electrons. The summed E-state index contributed by atoms with van der Waals surface area (Å²) in [5.74, 6) is -0.254. The van der Waals surface area contributed by atoms with Crippen molar-refractivity contribution in [1.29, 1.82) is 0 Å². The smallest absolute Gasteiger partial charge is 0.258 e. The van der Waals surface area contributed by atoms with E-state index in [9.17, 15) is 4.79 Å². The van der Waals surface area contributed by atoms with Crippen molar-refractivity contribution in [3.8, 4) is 0 Å². The van der Waals surface area contributed by atoms with Crippen molar-refractivity contribution in [2.45, 2.75) is 33.1 Å². The molecule has 0 saturated heterocycles. The van der Waals surface area contributed by atoms with Gasteiger partial charge in [0.25, 0.3) is 5.91 Å². The molecule has 1 amide bonds. The quantitative estimate of drug-likeness (QED) is 0.881. The Kier molecular flexibility index (Phi) is 4.33. The number of anilines is 1. The van der Waals surface area contributed by atoms with Crippen molar-refractivity contribution >= 4 is 23.2 Å². The van der Waals surface area contributed by atoms with Crippen LogP contribution in [0.3, 0.4) is 0 Å². The molecule has 0 bridgehead atoms. The van der Waals surface area contributed by atoms with E-state index in [2.05, 4.69) is 31.1 Å². The summed E-state index contributed by atoms with van der Waals surface area (Å²) >= 11 is 6.07. The summed E-state index contributed by atoms with van der Waals surface area (Å²) < 4.78 is 0. The molecule has 1 heterocycles. The number of hydrogen-bond acceptors (Lipinski definition) is 2. The highest BCUT2D eigenvalue weighted by Crippen LogP contribution is 2.24. The Morgan fingerprint density at radius 1 is 1.19 bits per heavy atom. The average Bonchev–Trinajstić information content (AvgIpc) is 2.38. The minimum Gasteiger partial charge on any atom is -0.322 e. The Hall–Kier alpha value is -1.87. The van der Waals surface area contributed by atoms with Crippen LogP contribution >= 0.6 is 11.6 Å². The number of rotatable bonds is 2. The molecule has 0 unspecified atom stereocenters. The van der Waals surface area contributed by atoms with Gasteiger partial charge in [0.05, 0.1) is 10.6 Å². The van der Waals surface area contributed by atoms with Crippen molar-refractivity contribution in [3.63, 3.8) is 0 Å². The molecule has 0 spiro atoms. The summed E-state index contributed by atoms with van der Waals surface area (Å²) in [4.78, 5) is 16.3. The maximum absolute atomic E-state index is 12.2. The minimum absolute atomic E-state index is 0.0900. The van der Waals surface area contributed by atoms with E-state index in [4.69, 9.17) is 11.6 Å². The standard InChI is InChI=1S/C17H19ClN2O/c1-11-9-15(18)14(10-19-11)16(21)20-13-7-5-12(6-8-13)17(2,3)4/h5-10H,1-4H3,(H,20,21). The third kappa shape index (κ3) is 3.82.